The molecule has 2 aromatic rings. The number of hydrogen-bond donors (Lipinski definition) is 1. The van der Waals surface area contributed by atoms with E-state index in [0.29, 0.717) is 22.0 Å². The van der Waals surface area contributed by atoms with Crippen LogP contribution >= 0.6 is 23.2 Å². The predicted octanol–water partition coefficient (Wildman–Crippen LogP) is 4.88. The van der Waals surface area contributed by atoms with E-state index in [1.54, 1.807) is 36.4 Å². The van der Waals surface area contributed by atoms with Crippen LogP contribution < -0.4 is 0 Å². The summed E-state index contributed by atoms with van der Waals surface area (Å²) >= 11 is 12.4. The Morgan fingerprint density at radius 3 is 2.60 bits per heavy atom. The van der Waals surface area contributed by atoms with Crippen LogP contribution in [0.1, 0.15) is 18.4 Å². The van der Waals surface area contributed by atoms with Gasteiger partial charge in [0.15, 0.2) is 0 Å². The van der Waals surface area contributed by atoms with E-state index in [-0.39, 0.29) is 12.2 Å². The van der Waals surface area contributed by atoms with Gasteiger partial charge in [-0.3, -0.25) is 4.79 Å². The number of carbonyl (C=O) groups excluding carboxylic acids is 1. The first-order valence-electron chi connectivity index (χ1n) is 7.73. The molecule has 0 aliphatic carbocycles. The molecule has 1 aliphatic heterocycles. The van der Waals surface area contributed by atoms with Crippen molar-refractivity contribution in [2.24, 2.45) is 0 Å². The van der Waals surface area contributed by atoms with Gasteiger partial charge >= 0.3 is 5.97 Å². The van der Waals surface area contributed by atoms with Crippen molar-refractivity contribution < 1.29 is 19.0 Å². The number of carbonyl (C=O) groups is 1. The quantitative estimate of drug-likeness (QED) is 0.771. The van der Waals surface area contributed by atoms with Crippen LogP contribution in [0, 0.1) is 5.82 Å². The summed E-state index contributed by atoms with van der Waals surface area (Å²) in [5.74, 6) is -0.772. The Bertz CT molecular complexity index is 818. The van der Waals surface area contributed by atoms with Crippen LogP contribution in [0.5, 0.6) is 0 Å². The molecule has 0 amide bonds. The zero-order chi connectivity index (χ0) is 18.0. The maximum atomic E-state index is 13.2. The molecular weight excluding hydrogens is 366 g/mol. The minimum atomic E-state index is -0.715. The fraction of sp³-hybridized carbons (Fsp3) is 0.211. The minimum Gasteiger partial charge on any atom is -0.458 e. The van der Waals surface area contributed by atoms with Crippen molar-refractivity contribution in [1.29, 1.82) is 0 Å². The number of aliphatic hydroxyl groups is 1. The van der Waals surface area contributed by atoms with Crippen molar-refractivity contribution in [2.45, 2.75) is 25.0 Å². The van der Waals surface area contributed by atoms with E-state index in [2.05, 4.69) is 0 Å². The number of halogens is 3. The lowest BCUT2D eigenvalue weighted by atomic mass is 9.98. The number of aliphatic hydroxyl groups excluding tert-OH is 1. The lowest BCUT2D eigenvalue weighted by Gasteiger charge is -2.23. The molecule has 0 saturated carbocycles. The zero-order valence-electron chi connectivity index (χ0n) is 13.1. The highest BCUT2D eigenvalue weighted by atomic mass is 35.5. The number of hydrogen-bond acceptors (Lipinski definition) is 3. The molecule has 0 radical (unpaired) electrons. The Hall–Kier alpha value is -1.88. The van der Waals surface area contributed by atoms with E-state index in [0.717, 1.165) is 11.1 Å². The molecule has 3 rings (SSSR count). The highest BCUT2D eigenvalue weighted by Crippen LogP contribution is 2.34. The maximum Gasteiger partial charge on any atom is 0.309 e. The lowest BCUT2D eigenvalue weighted by Crippen LogP contribution is -2.31. The molecular formula is C19H15Cl2FO3. The summed E-state index contributed by atoms with van der Waals surface area (Å²) in [5, 5.41) is 10.6. The summed E-state index contributed by atoms with van der Waals surface area (Å²) in [4.78, 5) is 11.4. The number of benzene rings is 2. The van der Waals surface area contributed by atoms with Gasteiger partial charge in [-0.1, -0.05) is 41.4 Å². The van der Waals surface area contributed by atoms with Crippen LogP contribution in [0.4, 0.5) is 4.39 Å². The van der Waals surface area contributed by atoms with Crippen molar-refractivity contribution in [3.63, 3.8) is 0 Å². The molecule has 1 N–H and O–H groups in total. The SMILES string of the molecule is O=C1C[C@@H](O)C[C@@H](/C=C/c2c(Cl)cc(Cl)cc2-c2ccc(F)cc2)O1. The van der Waals surface area contributed by atoms with Gasteiger partial charge in [-0.25, -0.2) is 4.39 Å². The van der Waals surface area contributed by atoms with Crippen molar-refractivity contribution >= 4 is 35.2 Å². The van der Waals surface area contributed by atoms with Crippen LogP contribution in [-0.4, -0.2) is 23.3 Å². The topological polar surface area (TPSA) is 46.5 Å². The standard InChI is InChI=1S/C19H15Cl2FO3/c20-12-7-17(11-1-3-13(22)4-2-11)16(18(21)8-12)6-5-15-9-14(23)10-19(24)25-15/h1-8,14-15,23H,9-10H2/b6-5+/t14-,15+/m0/s1. The molecule has 0 bridgehead atoms. The van der Waals surface area contributed by atoms with Gasteiger partial charge in [0.2, 0.25) is 0 Å². The van der Waals surface area contributed by atoms with Crippen LogP contribution in [0.3, 0.4) is 0 Å². The first kappa shape index (κ1) is 17.9. The van der Waals surface area contributed by atoms with Gasteiger partial charge in [-0.15, -0.1) is 0 Å². The Morgan fingerprint density at radius 1 is 1.20 bits per heavy atom. The van der Waals surface area contributed by atoms with E-state index in [1.165, 1.54) is 12.1 Å². The van der Waals surface area contributed by atoms with Crippen molar-refractivity contribution in [1.82, 2.24) is 0 Å². The molecule has 1 aliphatic rings. The summed E-state index contributed by atoms with van der Waals surface area (Å²) in [7, 11) is 0. The summed E-state index contributed by atoms with van der Waals surface area (Å²) in [5.41, 5.74) is 2.16. The van der Waals surface area contributed by atoms with E-state index in [4.69, 9.17) is 27.9 Å². The molecule has 2 aromatic carbocycles. The normalized spacial score (nSPS) is 20.7. The average Bonchev–Trinajstić information content (AvgIpc) is 2.53. The van der Waals surface area contributed by atoms with Gasteiger partial charge in [-0.2, -0.15) is 0 Å². The molecule has 3 nitrogen and oxygen atoms in total. The molecule has 25 heavy (non-hydrogen) atoms. The van der Waals surface area contributed by atoms with Crippen molar-refractivity contribution in [3.05, 3.63) is 63.9 Å². The molecule has 6 heteroatoms. The summed E-state index contributed by atoms with van der Waals surface area (Å²) in [6, 6.07) is 9.34. The smallest absolute Gasteiger partial charge is 0.309 e. The van der Waals surface area contributed by atoms with Crippen LogP contribution in [0.25, 0.3) is 17.2 Å². The fourth-order valence-corrected chi connectivity index (χ4v) is 3.31. The van der Waals surface area contributed by atoms with Crippen molar-refractivity contribution in [2.75, 3.05) is 0 Å². The number of rotatable bonds is 3. The molecule has 0 spiro atoms. The first-order valence-corrected chi connectivity index (χ1v) is 8.48. The third-order valence-corrected chi connectivity index (χ3v) is 4.45. The Balaban J connectivity index is 1.96. The third-order valence-electron chi connectivity index (χ3n) is 3.92. The molecule has 1 heterocycles. The van der Waals surface area contributed by atoms with E-state index in [1.807, 2.05) is 0 Å². The molecule has 1 saturated heterocycles. The third kappa shape index (κ3) is 4.40. The van der Waals surface area contributed by atoms with E-state index >= 15 is 0 Å². The maximum absolute atomic E-state index is 13.2. The van der Waals surface area contributed by atoms with E-state index < -0.39 is 18.2 Å². The van der Waals surface area contributed by atoms with Gasteiger partial charge in [0.05, 0.1) is 12.5 Å². The number of esters is 1. The van der Waals surface area contributed by atoms with Gasteiger partial charge < -0.3 is 9.84 Å². The minimum absolute atomic E-state index is 0.00682. The summed E-state index contributed by atoms with van der Waals surface area (Å²) < 4.78 is 18.4. The Morgan fingerprint density at radius 2 is 1.92 bits per heavy atom. The summed E-state index contributed by atoms with van der Waals surface area (Å²) in [6.45, 7) is 0. The van der Waals surface area contributed by atoms with Crippen molar-refractivity contribution in [3.8, 4) is 11.1 Å². The molecule has 0 unspecified atom stereocenters. The summed E-state index contributed by atoms with van der Waals surface area (Å²) in [6.07, 6.45) is 2.51. The fourth-order valence-electron chi connectivity index (χ4n) is 2.75. The second-order valence-corrected chi connectivity index (χ2v) is 6.68. The van der Waals surface area contributed by atoms with Gasteiger partial charge in [0, 0.05) is 22.0 Å². The Kier molecular flexibility index (Phi) is 5.42. The highest BCUT2D eigenvalue weighted by molar-refractivity contribution is 6.36. The second kappa shape index (κ2) is 7.56. The van der Waals surface area contributed by atoms with Gasteiger partial charge in [0.25, 0.3) is 0 Å². The Labute approximate surface area is 154 Å². The number of ether oxygens (including phenoxy) is 1. The molecule has 1 fully saturated rings. The second-order valence-electron chi connectivity index (χ2n) is 5.84. The van der Waals surface area contributed by atoms with Crippen LogP contribution in [0.15, 0.2) is 42.5 Å². The monoisotopic (exact) mass is 380 g/mol. The van der Waals surface area contributed by atoms with Gasteiger partial charge in [-0.05, 0) is 41.5 Å². The zero-order valence-corrected chi connectivity index (χ0v) is 14.6. The van der Waals surface area contributed by atoms with Crippen LogP contribution in [0.2, 0.25) is 10.0 Å². The van der Waals surface area contributed by atoms with E-state index in [9.17, 15) is 14.3 Å². The van der Waals surface area contributed by atoms with Crippen LogP contribution in [-0.2, 0) is 9.53 Å². The predicted molar refractivity (Wildman–Crippen MR) is 96.0 cm³/mol. The average molecular weight is 381 g/mol. The largest absolute Gasteiger partial charge is 0.458 e. The highest BCUT2D eigenvalue weighted by Gasteiger charge is 2.25. The molecule has 0 aromatic heterocycles. The lowest BCUT2D eigenvalue weighted by molar-refractivity contribution is -0.156. The first-order chi connectivity index (χ1) is 11.9. The van der Waals surface area contributed by atoms with Gasteiger partial charge in [0.1, 0.15) is 11.9 Å². The molecule has 130 valence electrons. The number of cyclic esters (lactones) is 1. The molecule has 2 atom stereocenters.